The largest absolute Gasteiger partial charge is 0.334 e. The lowest BCUT2D eigenvalue weighted by molar-refractivity contribution is 0.947. The molecule has 0 N–H and O–H groups in total. The van der Waals surface area contributed by atoms with Crippen LogP contribution in [0.2, 0.25) is 0 Å². The fourth-order valence-corrected chi connectivity index (χ4v) is 1.32. The second kappa shape index (κ2) is 4.33. The standard InChI is InChI=1S/C8H8N2S.C2H6/c1-10-5-9-7-4-6(11)2-3-8(7)10;1-2/h2-5,11H,1H3;1-2H3. The van der Waals surface area contributed by atoms with Crippen LogP contribution in [0.5, 0.6) is 0 Å². The van der Waals surface area contributed by atoms with Crippen LogP contribution in [-0.2, 0) is 7.05 Å². The van der Waals surface area contributed by atoms with E-state index in [9.17, 15) is 0 Å². The van der Waals surface area contributed by atoms with Gasteiger partial charge in [0.25, 0.3) is 0 Å². The van der Waals surface area contributed by atoms with Crippen LogP contribution >= 0.6 is 12.6 Å². The van der Waals surface area contributed by atoms with Crippen molar-refractivity contribution in [2.24, 2.45) is 7.05 Å². The molecule has 0 amide bonds. The van der Waals surface area contributed by atoms with Gasteiger partial charge in [0.1, 0.15) is 0 Å². The van der Waals surface area contributed by atoms with Crippen molar-refractivity contribution in [3.63, 3.8) is 0 Å². The van der Waals surface area contributed by atoms with Gasteiger partial charge in [-0.3, -0.25) is 0 Å². The van der Waals surface area contributed by atoms with Crippen molar-refractivity contribution in [1.29, 1.82) is 0 Å². The van der Waals surface area contributed by atoms with Crippen LogP contribution < -0.4 is 0 Å². The monoisotopic (exact) mass is 194 g/mol. The van der Waals surface area contributed by atoms with Gasteiger partial charge in [0.2, 0.25) is 0 Å². The van der Waals surface area contributed by atoms with Gasteiger partial charge in [0.05, 0.1) is 17.4 Å². The molecule has 0 atom stereocenters. The normalized spacial score (nSPS) is 9.54. The van der Waals surface area contributed by atoms with Gasteiger partial charge in [0, 0.05) is 11.9 Å². The molecule has 0 aliphatic carbocycles. The minimum atomic E-state index is 0.955. The highest BCUT2D eigenvalue weighted by Gasteiger charge is 1.97. The summed E-state index contributed by atoms with van der Waals surface area (Å²) in [4.78, 5) is 5.15. The first-order valence-corrected chi connectivity index (χ1v) is 4.82. The Labute approximate surface area is 84.0 Å². The minimum absolute atomic E-state index is 0.955. The van der Waals surface area contributed by atoms with Crippen LogP contribution in [-0.4, -0.2) is 9.55 Å². The van der Waals surface area contributed by atoms with E-state index in [4.69, 9.17) is 0 Å². The topological polar surface area (TPSA) is 17.8 Å². The molecular weight excluding hydrogens is 180 g/mol. The average molecular weight is 194 g/mol. The van der Waals surface area contributed by atoms with Crippen molar-refractivity contribution in [3.05, 3.63) is 24.5 Å². The number of hydrogen-bond donors (Lipinski definition) is 1. The number of nitrogens with zero attached hydrogens (tertiary/aromatic N) is 2. The Kier molecular flexibility index (Phi) is 3.37. The molecule has 0 aliphatic heterocycles. The number of fused-ring (bicyclic) bond motifs is 1. The molecule has 2 nitrogen and oxygen atoms in total. The smallest absolute Gasteiger partial charge is 0.0955 e. The molecule has 3 heteroatoms. The number of rotatable bonds is 0. The second-order valence-corrected chi connectivity index (χ2v) is 3.04. The fraction of sp³-hybridized carbons (Fsp3) is 0.300. The van der Waals surface area contributed by atoms with E-state index in [-0.39, 0.29) is 0 Å². The molecule has 0 radical (unpaired) electrons. The number of imidazole rings is 1. The Morgan fingerprint density at radius 1 is 1.31 bits per heavy atom. The van der Waals surface area contributed by atoms with Crippen LogP contribution in [0, 0.1) is 0 Å². The first-order valence-electron chi connectivity index (χ1n) is 4.37. The summed E-state index contributed by atoms with van der Waals surface area (Å²) in [6, 6.07) is 5.94. The summed E-state index contributed by atoms with van der Waals surface area (Å²) >= 11 is 4.22. The van der Waals surface area contributed by atoms with E-state index in [1.54, 1.807) is 6.33 Å². The number of benzene rings is 1. The molecule has 0 unspecified atom stereocenters. The maximum Gasteiger partial charge on any atom is 0.0955 e. The van der Waals surface area contributed by atoms with E-state index in [0.29, 0.717) is 0 Å². The van der Waals surface area contributed by atoms with Gasteiger partial charge < -0.3 is 4.57 Å². The quantitative estimate of drug-likeness (QED) is 0.638. The first-order chi connectivity index (χ1) is 6.27. The molecule has 0 spiro atoms. The lowest BCUT2D eigenvalue weighted by atomic mass is 10.3. The van der Waals surface area contributed by atoms with Crippen LogP contribution in [0.3, 0.4) is 0 Å². The van der Waals surface area contributed by atoms with Gasteiger partial charge in [-0.05, 0) is 18.2 Å². The van der Waals surface area contributed by atoms with E-state index in [1.807, 2.05) is 43.7 Å². The van der Waals surface area contributed by atoms with Crippen molar-refractivity contribution in [1.82, 2.24) is 9.55 Å². The average Bonchev–Trinajstić information content (AvgIpc) is 2.51. The molecule has 0 saturated heterocycles. The van der Waals surface area contributed by atoms with E-state index >= 15 is 0 Å². The van der Waals surface area contributed by atoms with Gasteiger partial charge in [-0.1, -0.05) is 13.8 Å². The lowest BCUT2D eigenvalue weighted by Gasteiger charge is -1.93. The molecule has 0 bridgehead atoms. The number of thiol groups is 1. The third-order valence-corrected chi connectivity index (χ3v) is 1.99. The Morgan fingerprint density at radius 2 is 2.00 bits per heavy atom. The summed E-state index contributed by atoms with van der Waals surface area (Å²) in [7, 11) is 1.98. The van der Waals surface area contributed by atoms with Crippen molar-refractivity contribution in [2.75, 3.05) is 0 Å². The molecule has 1 aromatic heterocycles. The highest BCUT2D eigenvalue weighted by molar-refractivity contribution is 7.80. The predicted molar refractivity (Wildman–Crippen MR) is 59.3 cm³/mol. The molecule has 2 rings (SSSR count). The molecule has 70 valence electrons. The van der Waals surface area contributed by atoms with Gasteiger partial charge in [-0.15, -0.1) is 12.6 Å². The van der Waals surface area contributed by atoms with Gasteiger partial charge in [0.15, 0.2) is 0 Å². The minimum Gasteiger partial charge on any atom is -0.334 e. The molecule has 1 heterocycles. The maximum absolute atomic E-state index is 4.22. The van der Waals surface area contributed by atoms with Crippen molar-refractivity contribution in [2.45, 2.75) is 18.7 Å². The number of aromatic nitrogens is 2. The van der Waals surface area contributed by atoms with Crippen LogP contribution in [0.4, 0.5) is 0 Å². The Hall–Kier alpha value is -0.960. The Balaban J connectivity index is 0.000000396. The summed E-state index contributed by atoms with van der Waals surface area (Å²) in [6.07, 6.45) is 1.80. The van der Waals surface area contributed by atoms with E-state index < -0.39 is 0 Å². The SMILES string of the molecule is CC.Cn1cnc2cc(S)ccc21. The van der Waals surface area contributed by atoms with E-state index in [1.165, 1.54) is 0 Å². The third-order valence-electron chi connectivity index (χ3n) is 1.71. The summed E-state index contributed by atoms with van der Waals surface area (Å²) in [5, 5.41) is 0. The van der Waals surface area contributed by atoms with Crippen LogP contribution in [0.1, 0.15) is 13.8 Å². The van der Waals surface area contributed by atoms with Crippen molar-refractivity contribution >= 4 is 23.7 Å². The molecule has 2 aromatic rings. The molecule has 0 saturated carbocycles. The zero-order valence-corrected chi connectivity index (χ0v) is 9.05. The molecular formula is C10H14N2S. The maximum atomic E-state index is 4.22. The van der Waals surface area contributed by atoms with E-state index in [0.717, 1.165) is 15.9 Å². The van der Waals surface area contributed by atoms with Crippen molar-refractivity contribution in [3.8, 4) is 0 Å². The highest BCUT2D eigenvalue weighted by atomic mass is 32.1. The van der Waals surface area contributed by atoms with Gasteiger partial charge >= 0.3 is 0 Å². The fourth-order valence-electron chi connectivity index (χ4n) is 1.12. The molecule has 0 fully saturated rings. The second-order valence-electron chi connectivity index (χ2n) is 2.53. The summed E-state index contributed by atoms with van der Waals surface area (Å²) < 4.78 is 1.99. The summed E-state index contributed by atoms with van der Waals surface area (Å²) in [5.74, 6) is 0. The number of aryl methyl sites for hydroxylation is 1. The van der Waals surface area contributed by atoms with Gasteiger partial charge in [-0.2, -0.15) is 0 Å². The summed E-state index contributed by atoms with van der Waals surface area (Å²) in [5.41, 5.74) is 2.14. The molecule has 0 aliphatic rings. The first kappa shape index (κ1) is 10.1. The van der Waals surface area contributed by atoms with Gasteiger partial charge in [-0.25, -0.2) is 4.98 Å². The lowest BCUT2D eigenvalue weighted by Crippen LogP contribution is -1.82. The van der Waals surface area contributed by atoms with Crippen molar-refractivity contribution < 1.29 is 0 Å². The Bertz CT molecular complexity index is 393. The Morgan fingerprint density at radius 3 is 2.69 bits per heavy atom. The predicted octanol–water partition coefficient (Wildman–Crippen LogP) is 2.89. The zero-order chi connectivity index (χ0) is 9.84. The van der Waals surface area contributed by atoms with Crippen LogP contribution in [0.15, 0.2) is 29.4 Å². The number of hydrogen-bond acceptors (Lipinski definition) is 2. The zero-order valence-electron chi connectivity index (χ0n) is 8.15. The summed E-state index contributed by atoms with van der Waals surface area (Å²) in [6.45, 7) is 4.00. The van der Waals surface area contributed by atoms with E-state index in [2.05, 4.69) is 17.6 Å². The molecule has 1 aromatic carbocycles. The molecule has 13 heavy (non-hydrogen) atoms. The third kappa shape index (κ3) is 2.04. The highest BCUT2D eigenvalue weighted by Crippen LogP contribution is 2.15. The van der Waals surface area contributed by atoms with Crippen LogP contribution in [0.25, 0.3) is 11.0 Å².